The molecule has 0 spiro atoms. The molecule has 1 saturated heterocycles. The van der Waals surface area contributed by atoms with Crippen molar-refractivity contribution < 1.29 is 28.8 Å². The Bertz CT molecular complexity index is 1070. The predicted molar refractivity (Wildman–Crippen MR) is 144 cm³/mol. The summed E-state index contributed by atoms with van der Waals surface area (Å²) in [6.07, 6.45) is -0.731. The summed E-state index contributed by atoms with van der Waals surface area (Å²) in [6.45, 7) is 7.67. The van der Waals surface area contributed by atoms with E-state index in [1.807, 2.05) is 51.1 Å². The van der Waals surface area contributed by atoms with Crippen LogP contribution in [0, 0.1) is 5.92 Å². The van der Waals surface area contributed by atoms with Gasteiger partial charge in [0.1, 0.15) is 11.7 Å². The highest BCUT2D eigenvalue weighted by molar-refractivity contribution is 8.00. The van der Waals surface area contributed by atoms with Crippen LogP contribution in [0.5, 0.6) is 0 Å². The molecule has 1 aliphatic heterocycles. The quantitative estimate of drug-likeness (QED) is 0.425. The normalized spacial score (nSPS) is 18.7. The Kier molecular flexibility index (Phi) is 10.5. The highest BCUT2D eigenvalue weighted by Crippen LogP contribution is 2.19. The number of aliphatic hydroxyl groups excluding tert-OH is 1. The van der Waals surface area contributed by atoms with E-state index >= 15 is 0 Å². The Morgan fingerprint density at radius 3 is 2.54 bits per heavy atom. The van der Waals surface area contributed by atoms with Gasteiger partial charge in [0.2, 0.25) is 5.91 Å². The molecule has 9 nitrogen and oxygen atoms in total. The largest absolute Gasteiger partial charge is 0.551 e. The van der Waals surface area contributed by atoms with Crippen molar-refractivity contribution in [2.24, 2.45) is 5.92 Å². The third kappa shape index (κ3) is 8.58. The Labute approximate surface area is 222 Å². The molecule has 3 N–H and O–H groups in total. The molecule has 0 saturated carbocycles. The minimum Gasteiger partial charge on any atom is -0.508 e. The summed E-state index contributed by atoms with van der Waals surface area (Å²) in [5.74, 6) is -1.95. The first kappa shape index (κ1) is 28.7. The Morgan fingerprint density at radius 1 is 1.14 bits per heavy atom. The maximum atomic E-state index is 13.3. The van der Waals surface area contributed by atoms with Crippen LogP contribution >= 0.6 is 11.8 Å². The Morgan fingerprint density at radius 2 is 1.86 bits per heavy atom. The molecule has 4 atom stereocenters. The van der Waals surface area contributed by atoms with Crippen LogP contribution in [0.1, 0.15) is 44.6 Å². The van der Waals surface area contributed by atoms with Gasteiger partial charge in [0, 0.05) is 17.4 Å². The van der Waals surface area contributed by atoms with Gasteiger partial charge in [-0.1, -0.05) is 57.2 Å². The standard InChI is InChI=1S/C26H34BN3O6S/c1-16(2)13-22(27-35-14-17(3)37-15-23(32)36-27)29-26(34)24(18(4)31)30-25(33)21-12-8-11-20(28-21)19-9-6-5-7-10-19/h5-12,16-18,22,24,31H,13-15H2,1-4H3,(H,29,34)(H,30,33)/t17?,18-,22+,24+/m1/s1. The SMILES string of the molecule is CC(C)C[C@H](NC(=O)[C@@H](NC(=O)c1cccc(-c2ccccc2)n1)[C@@H](C)O)B1OCC(C)SCC(=O)O1. The van der Waals surface area contributed by atoms with Crippen LogP contribution in [-0.4, -0.2) is 70.7 Å². The second-order valence-corrected chi connectivity index (χ2v) is 11.0. The molecule has 0 radical (unpaired) electrons. The van der Waals surface area contributed by atoms with Crippen LogP contribution in [0.15, 0.2) is 48.5 Å². The molecule has 37 heavy (non-hydrogen) atoms. The van der Waals surface area contributed by atoms with Gasteiger partial charge in [0.05, 0.1) is 23.5 Å². The topological polar surface area (TPSA) is 127 Å². The first-order valence-electron chi connectivity index (χ1n) is 12.4. The number of hydrogen-bond acceptors (Lipinski definition) is 8. The van der Waals surface area contributed by atoms with Crippen molar-refractivity contribution in [3.8, 4) is 11.3 Å². The summed E-state index contributed by atoms with van der Waals surface area (Å²) in [5, 5.41) is 15.9. The lowest BCUT2D eigenvalue weighted by molar-refractivity contribution is -0.134. The minimum absolute atomic E-state index is 0.0920. The summed E-state index contributed by atoms with van der Waals surface area (Å²) < 4.78 is 11.3. The lowest BCUT2D eigenvalue weighted by Gasteiger charge is -2.30. The number of hydrogen-bond donors (Lipinski definition) is 3. The molecule has 198 valence electrons. The van der Waals surface area contributed by atoms with E-state index in [0.717, 1.165) is 5.56 Å². The number of nitrogens with zero attached hydrogens (tertiary/aromatic N) is 1. The van der Waals surface area contributed by atoms with Gasteiger partial charge in [-0.25, -0.2) is 4.98 Å². The van der Waals surface area contributed by atoms with E-state index in [1.54, 1.807) is 18.2 Å². The monoisotopic (exact) mass is 527 g/mol. The van der Waals surface area contributed by atoms with Gasteiger partial charge < -0.3 is 25.0 Å². The van der Waals surface area contributed by atoms with Crippen LogP contribution in [0.4, 0.5) is 0 Å². The molecular formula is C26H34BN3O6S. The molecule has 1 fully saturated rings. The van der Waals surface area contributed by atoms with Gasteiger partial charge in [-0.2, -0.15) is 0 Å². The average Bonchev–Trinajstić information content (AvgIpc) is 2.87. The summed E-state index contributed by atoms with van der Waals surface area (Å²) in [4.78, 5) is 42.9. The van der Waals surface area contributed by atoms with E-state index < -0.39 is 43.0 Å². The molecule has 3 rings (SSSR count). The number of aromatic nitrogens is 1. The molecule has 11 heteroatoms. The van der Waals surface area contributed by atoms with Crippen molar-refractivity contribution in [1.29, 1.82) is 0 Å². The van der Waals surface area contributed by atoms with Gasteiger partial charge in [-0.3, -0.25) is 14.4 Å². The van der Waals surface area contributed by atoms with Crippen molar-refractivity contribution in [2.75, 3.05) is 12.4 Å². The second-order valence-electron chi connectivity index (χ2n) is 9.52. The van der Waals surface area contributed by atoms with E-state index in [4.69, 9.17) is 9.31 Å². The number of aliphatic hydroxyl groups is 1. The van der Waals surface area contributed by atoms with E-state index in [0.29, 0.717) is 18.7 Å². The lowest BCUT2D eigenvalue weighted by atomic mass is 9.73. The fourth-order valence-electron chi connectivity index (χ4n) is 3.85. The number of thioether (sulfide) groups is 1. The van der Waals surface area contributed by atoms with Crippen LogP contribution in [0.25, 0.3) is 11.3 Å². The molecule has 2 aromatic rings. The van der Waals surface area contributed by atoms with Gasteiger partial charge in [0.25, 0.3) is 11.9 Å². The first-order chi connectivity index (χ1) is 17.6. The molecule has 1 unspecified atom stereocenters. The summed E-state index contributed by atoms with van der Waals surface area (Å²) >= 11 is 1.44. The van der Waals surface area contributed by atoms with Crippen molar-refractivity contribution in [2.45, 2.75) is 57.5 Å². The molecule has 2 amide bonds. The zero-order chi connectivity index (χ0) is 26.9. The number of carbonyl (C=O) groups is 3. The number of amides is 2. The highest BCUT2D eigenvalue weighted by Gasteiger charge is 2.39. The van der Waals surface area contributed by atoms with E-state index in [9.17, 15) is 19.5 Å². The van der Waals surface area contributed by atoms with Gasteiger partial charge in [0.15, 0.2) is 0 Å². The maximum absolute atomic E-state index is 13.3. The number of carbonyl (C=O) groups excluding carboxylic acids is 3. The third-order valence-electron chi connectivity index (χ3n) is 5.71. The number of pyridine rings is 1. The van der Waals surface area contributed by atoms with Gasteiger partial charge >= 0.3 is 7.12 Å². The fraction of sp³-hybridized carbons (Fsp3) is 0.462. The minimum atomic E-state index is -1.26. The van der Waals surface area contributed by atoms with Crippen LogP contribution in [0.3, 0.4) is 0 Å². The molecule has 0 aliphatic carbocycles. The number of benzene rings is 1. The zero-order valence-corrected chi connectivity index (χ0v) is 22.4. The molecular weight excluding hydrogens is 493 g/mol. The second kappa shape index (κ2) is 13.6. The van der Waals surface area contributed by atoms with Crippen LogP contribution in [-0.2, 0) is 18.9 Å². The van der Waals surface area contributed by atoms with Crippen molar-refractivity contribution in [3.05, 3.63) is 54.2 Å². The van der Waals surface area contributed by atoms with E-state index in [2.05, 4.69) is 15.6 Å². The Hall–Kier alpha value is -2.89. The van der Waals surface area contributed by atoms with E-state index in [1.165, 1.54) is 18.7 Å². The molecule has 1 aliphatic rings. The Balaban J connectivity index is 1.74. The van der Waals surface area contributed by atoms with Gasteiger partial charge in [-0.05, 0) is 31.4 Å². The smallest absolute Gasteiger partial charge is 0.508 e. The average molecular weight is 527 g/mol. The van der Waals surface area contributed by atoms with Crippen LogP contribution < -0.4 is 10.6 Å². The van der Waals surface area contributed by atoms with Crippen molar-refractivity contribution >= 4 is 36.7 Å². The summed E-state index contributed by atoms with van der Waals surface area (Å²) in [5.41, 5.74) is 1.57. The molecule has 2 heterocycles. The molecule has 1 aromatic carbocycles. The predicted octanol–water partition coefficient (Wildman–Crippen LogP) is 2.48. The number of rotatable bonds is 9. The van der Waals surface area contributed by atoms with Crippen LogP contribution in [0.2, 0.25) is 0 Å². The summed E-state index contributed by atoms with van der Waals surface area (Å²) in [6, 6.07) is 13.2. The molecule has 0 bridgehead atoms. The zero-order valence-electron chi connectivity index (χ0n) is 21.5. The third-order valence-corrected chi connectivity index (χ3v) is 6.82. The lowest BCUT2D eigenvalue weighted by Crippen LogP contribution is -2.59. The number of nitrogens with one attached hydrogen (secondary N) is 2. The highest BCUT2D eigenvalue weighted by atomic mass is 32.2. The summed E-state index contributed by atoms with van der Waals surface area (Å²) in [7, 11) is -0.975. The van der Waals surface area contributed by atoms with Crippen molar-refractivity contribution in [1.82, 2.24) is 15.6 Å². The van der Waals surface area contributed by atoms with Gasteiger partial charge in [-0.15, -0.1) is 11.8 Å². The fourth-order valence-corrected chi connectivity index (χ4v) is 4.52. The molecule has 1 aromatic heterocycles. The van der Waals surface area contributed by atoms with Crippen molar-refractivity contribution in [3.63, 3.8) is 0 Å². The van der Waals surface area contributed by atoms with E-state index in [-0.39, 0.29) is 22.6 Å². The first-order valence-corrected chi connectivity index (χ1v) is 13.4. The maximum Gasteiger partial charge on any atom is 0.551 e.